The molecular formula is C16H20N4O2. The Morgan fingerprint density at radius 2 is 1.91 bits per heavy atom. The van der Waals surface area contributed by atoms with Crippen molar-refractivity contribution in [3.63, 3.8) is 0 Å². The van der Waals surface area contributed by atoms with E-state index in [0.717, 1.165) is 5.75 Å². The van der Waals surface area contributed by atoms with Gasteiger partial charge in [-0.15, -0.1) is 10.2 Å². The molecule has 0 unspecified atom stereocenters. The normalized spacial score (nSPS) is 10.3. The van der Waals surface area contributed by atoms with Crippen molar-refractivity contribution in [2.45, 2.75) is 19.9 Å². The molecule has 2 rings (SSSR count). The number of hydrogen-bond donors (Lipinski definition) is 2. The standard InChI is InChI=1S/C16H20N4O2/c1-12(2)18-16(21)14-8-9-15(20-19-14)17-10-11-22-13-6-4-3-5-7-13/h3-9,12H,10-11H2,1-2H3,(H,17,20)(H,18,21). The number of para-hydroxylation sites is 1. The summed E-state index contributed by atoms with van der Waals surface area (Å²) in [6, 6.07) is 13.0. The Kier molecular flexibility index (Phi) is 5.71. The molecular weight excluding hydrogens is 280 g/mol. The zero-order chi connectivity index (χ0) is 15.8. The third-order valence-electron chi connectivity index (χ3n) is 2.74. The molecule has 0 saturated carbocycles. The van der Waals surface area contributed by atoms with Gasteiger partial charge in [0.1, 0.15) is 18.2 Å². The molecule has 0 radical (unpaired) electrons. The van der Waals surface area contributed by atoms with Gasteiger partial charge in [0, 0.05) is 6.04 Å². The largest absolute Gasteiger partial charge is 0.492 e. The van der Waals surface area contributed by atoms with E-state index in [1.165, 1.54) is 0 Å². The van der Waals surface area contributed by atoms with Gasteiger partial charge in [-0.3, -0.25) is 4.79 Å². The first-order chi connectivity index (χ1) is 10.6. The van der Waals surface area contributed by atoms with E-state index < -0.39 is 0 Å². The molecule has 0 atom stereocenters. The molecule has 6 heteroatoms. The number of aromatic nitrogens is 2. The summed E-state index contributed by atoms with van der Waals surface area (Å²) < 4.78 is 5.56. The van der Waals surface area contributed by atoms with Crippen molar-refractivity contribution in [2.75, 3.05) is 18.5 Å². The molecule has 0 aliphatic heterocycles. The molecule has 116 valence electrons. The van der Waals surface area contributed by atoms with Crippen LogP contribution < -0.4 is 15.4 Å². The molecule has 1 aromatic carbocycles. The van der Waals surface area contributed by atoms with Crippen LogP contribution in [0.25, 0.3) is 0 Å². The van der Waals surface area contributed by atoms with Crippen LogP contribution in [0, 0.1) is 0 Å². The Labute approximate surface area is 129 Å². The summed E-state index contributed by atoms with van der Waals surface area (Å²) in [4.78, 5) is 11.7. The van der Waals surface area contributed by atoms with Crippen LogP contribution in [0.2, 0.25) is 0 Å². The summed E-state index contributed by atoms with van der Waals surface area (Å²) in [5, 5.41) is 13.7. The lowest BCUT2D eigenvalue weighted by Gasteiger charge is -2.09. The van der Waals surface area contributed by atoms with Gasteiger partial charge in [0.15, 0.2) is 5.69 Å². The molecule has 0 fully saturated rings. The van der Waals surface area contributed by atoms with E-state index in [4.69, 9.17) is 4.74 Å². The zero-order valence-corrected chi connectivity index (χ0v) is 12.7. The van der Waals surface area contributed by atoms with Crippen molar-refractivity contribution >= 4 is 11.7 Å². The highest BCUT2D eigenvalue weighted by Gasteiger charge is 2.08. The fourth-order valence-corrected chi connectivity index (χ4v) is 1.75. The average molecular weight is 300 g/mol. The van der Waals surface area contributed by atoms with E-state index >= 15 is 0 Å². The molecule has 0 bridgehead atoms. The Bertz CT molecular complexity index is 585. The van der Waals surface area contributed by atoms with Crippen LogP contribution in [0.15, 0.2) is 42.5 Å². The van der Waals surface area contributed by atoms with Crippen molar-refractivity contribution in [1.29, 1.82) is 0 Å². The van der Waals surface area contributed by atoms with Gasteiger partial charge in [0.25, 0.3) is 5.91 Å². The average Bonchev–Trinajstić information content (AvgIpc) is 2.52. The lowest BCUT2D eigenvalue weighted by Crippen LogP contribution is -2.31. The van der Waals surface area contributed by atoms with Crippen LogP contribution in [-0.2, 0) is 0 Å². The number of benzene rings is 1. The van der Waals surface area contributed by atoms with Gasteiger partial charge in [-0.05, 0) is 38.1 Å². The van der Waals surface area contributed by atoms with Gasteiger partial charge in [-0.1, -0.05) is 18.2 Å². The predicted molar refractivity (Wildman–Crippen MR) is 85.1 cm³/mol. The second-order valence-corrected chi connectivity index (χ2v) is 5.02. The smallest absolute Gasteiger partial charge is 0.271 e. The summed E-state index contributed by atoms with van der Waals surface area (Å²) in [7, 11) is 0. The number of amides is 1. The van der Waals surface area contributed by atoms with Crippen molar-refractivity contribution in [2.24, 2.45) is 0 Å². The lowest BCUT2D eigenvalue weighted by molar-refractivity contribution is 0.0937. The number of ether oxygens (including phenoxy) is 1. The molecule has 1 heterocycles. The third kappa shape index (κ3) is 5.05. The van der Waals surface area contributed by atoms with Crippen molar-refractivity contribution in [3.05, 3.63) is 48.2 Å². The predicted octanol–water partition coefficient (Wildman–Crippen LogP) is 2.11. The van der Waals surface area contributed by atoms with Crippen molar-refractivity contribution < 1.29 is 9.53 Å². The van der Waals surface area contributed by atoms with Crippen LogP contribution in [-0.4, -0.2) is 35.3 Å². The minimum Gasteiger partial charge on any atom is -0.492 e. The van der Waals surface area contributed by atoms with Gasteiger partial charge in [0.05, 0.1) is 6.54 Å². The quantitative estimate of drug-likeness (QED) is 0.766. The van der Waals surface area contributed by atoms with E-state index in [2.05, 4.69) is 20.8 Å². The van der Waals surface area contributed by atoms with E-state index in [-0.39, 0.29) is 11.9 Å². The molecule has 2 aromatic rings. The second-order valence-electron chi connectivity index (χ2n) is 5.02. The topological polar surface area (TPSA) is 76.1 Å². The first-order valence-corrected chi connectivity index (χ1v) is 7.21. The fraction of sp³-hybridized carbons (Fsp3) is 0.312. The number of carbonyl (C=O) groups excluding carboxylic acids is 1. The maximum absolute atomic E-state index is 11.7. The van der Waals surface area contributed by atoms with Gasteiger partial charge in [-0.25, -0.2) is 0 Å². The summed E-state index contributed by atoms with van der Waals surface area (Å²) in [5.74, 6) is 1.22. The first kappa shape index (κ1) is 15.8. The Hall–Kier alpha value is -2.63. The maximum atomic E-state index is 11.7. The third-order valence-corrected chi connectivity index (χ3v) is 2.74. The van der Waals surface area contributed by atoms with Crippen LogP contribution in [0.3, 0.4) is 0 Å². The molecule has 1 amide bonds. The van der Waals surface area contributed by atoms with Crippen LogP contribution in [0.1, 0.15) is 24.3 Å². The van der Waals surface area contributed by atoms with E-state index in [1.54, 1.807) is 12.1 Å². The summed E-state index contributed by atoms with van der Waals surface area (Å²) >= 11 is 0. The molecule has 0 spiro atoms. The molecule has 0 aliphatic carbocycles. The number of rotatable bonds is 7. The minimum absolute atomic E-state index is 0.0715. The van der Waals surface area contributed by atoms with E-state index in [0.29, 0.717) is 24.7 Å². The highest BCUT2D eigenvalue weighted by molar-refractivity contribution is 5.92. The molecule has 0 aliphatic rings. The van der Waals surface area contributed by atoms with Crippen LogP contribution >= 0.6 is 0 Å². The number of nitrogens with one attached hydrogen (secondary N) is 2. The van der Waals surface area contributed by atoms with Crippen LogP contribution in [0.4, 0.5) is 5.82 Å². The van der Waals surface area contributed by atoms with Gasteiger partial charge in [0.2, 0.25) is 0 Å². The number of carbonyl (C=O) groups is 1. The number of anilines is 1. The first-order valence-electron chi connectivity index (χ1n) is 7.21. The minimum atomic E-state index is -0.221. The Morgan fingerprint density at radius 1 is 1.14 bits per heavy atom. The highest BCUT2D eigenvalue weighted by atomic mass is 16.5. The SMILES string of the molecule is CC(C)NC(=O)c1ccc(NCCOc2ccccc2)nn1. The summed E-state index contributed by atoms with van der Waals surface area (Å²) in [6.07, 6.45) is 0. The molecule has 1 aromatic heterocycles. The number of hydrogen-bond acceptors (Lipinski definition) is 5. The highest BCUT2D eigenvalue weighted by Crippen LogP contribution is 2.08. The monoisotopic (exact) mass is 300 g/mol. The maximum Gasteiger partial charge on any atom is 0.271 e. The second kappa shape index (κ2) is 7.97. The molecule has 22 heavy (non-hydrogen) atoms. The van der Waals surface area contributed by atoms with E-state index in [1.807, 2.05) is 44.2 Å². The Balaban J connectivity index is 1.76. The summed E-state index contributed by atoms with van der Waals surface area (Å²) in [6.45, 7) is 4.91. The number of nitrogens with zero attached hydrogens (tertiary/aromatic N) is 2. The van der Waals surface area contributed by atoms with Gasteiger partial charge >= 0.3 is 0 Å². The van der Waals surface area contributed by atoms with Crippen molar-refractivity contribution in [1.82, 2.24) is 15.5 Å². The molecule has 2 N–H and O–H groups in total. The zero-order valence-electron chi connectivity index (χ0n) is 12.7. The van der Waals surface area contributed by atoms with Gasteiger partial charge in [-0.2, -0.15) is 0 Å². The molecule has 6 nitrogen and oxygen atoms in total. The van der Waals surface area contributed by atoms with Crippen LogP contribution in [0.5, 0.6) is 5.75 Å². The summed E-state index contributed by atoms with van der Waals surface area (Å²) in [5.41, 5.74) is 0.305. The van der Waals surface area contributed by atoms with Gasteiger partial charge < -0.3 is 15.4 Å². The van der Waals surface area contributed by atoms with E-state index in [9.17, 15) is 4.79 Å². The van der Waals surface area contributed by atoms with Crippen molar-refractivity contribution in [3.8, 4) is 5.75 Å². The Morgan fingerprint density at radius 3 is 2.55 bits per heavy atom. The molecule has 0 saturated heterocycles. The lowest BCUT2D eigenvalue weighted by atomic mass is 10.3. The fourth-order valence-electron chi connectivity index (χ4n) is 1.75.